The normalized spacial score (nSPS) is 26.0. The van der Waals surface area contributed by atoms with E-state index in [1.54, 1.807) is 17.0 Å². The molecule has 0 unspecified atom stereocenters. The van der Waals surface area contributed by atoms with Gasteiger partial charge in [0, 0.05) is 25.0 Å². The highest BCUT2D eigenvalue weighted by atomic mass is 16.3. The van der Waals surface area contributed by atoms with Crippen LogP contribution in [0.2, 0.25) is 0 Å². The first-order valence-electron chi connectivity index (χ1n) is 8.44. The number of aliphatic hydroxyl groups is 1. The van der Waals surface area contributed by atoms with Gasteiger partial charge in [-0.25, -0.2) is 0 Å². The predicted molar refractivity (Wildman–Crippen MR) is 83.7 cm³/mol. The Kier molecular flexibility index (Phi) is 5.00. The highest BCUT2D eigenvalue weighted by Crippen LogP contribution is 2.22. The Morgan fingerprint density at radius 2 is 1.83 bits per heavy atom. The van der Waals surface area contributed by atoms with Crippen molar-refractivity contribution in [2.45, 2.75) is 50.7 Å². The fourth-order valence-electron chi connectivity index (χ4n) is 3.44. The van der Waals surface area contributed by atoms with Crippen molar-refractivity contribution in [3.05, 3.63) is 24.2 Å². The maximum atomic E-state index is 12.4. The average molecular weight is 320 g/mol. The molecular weight excluding hydrogens is 296 g/mol. The predicted octanol–water partition coefficient (Wildman–Crippen LogP) is 1.55. The first kappa shape index (κ1) is 16.1. The quantitative estimate of drug-likeness (QED) is 0.885. The minimum atomic E-state index is -0.209. The number of carbonyl (C=O) groups excluding carboxylic acids is 2. The van der Waals surface area contributed by atoms with Crippen LogP contribution in [0.15, 0.2) is 22.8 Å². The van der Waals surface area contributed by atoms with Gasteiger partial charge in [-0.2, -0.15) is 0 Å². The van der Waals surface area contributed by atoms with Gasteiger partial charge in [-0.3, -0.25) is 9.59 Å². The van der Waals surface area contributed by atoms with Crippen molar-refractivity contribution in [3.63, 3.8) is 0 Å². The summed E-state index contributed by atoms with van der Waals surface area (Å²) in [4.78, 5) is 26.3. The molecule has 2 heterocycles. The van der Waals surface area contributed by atoms with Crippen LogP contribution in [0.3, 0.4) is 0 Å². The zero-order valence-corrected chi connectivity index (χ0v) is 13.2. The molecule has 1 aliphatic carbocycles. The van der Waals surface area contributed by atoms with Crippen LogP contribution >= 0.6 is 0 Å². The van der Waals surface area contributed by atoms with E-state index in [1.165, 1.54) is 6.26 Å². The maximum Gasteiger partial charge on any atom is 0.289 e. The number of rotatable bonds is 3. The van der Waals surface area contributed by atoms with E-state index in [4.69, 9.17) is 4.42 Å². The van der Waals surface area contributed by atoms with Gasteiger partial charge in [0.05, 0.1) is 12.4 Å². The highest BCUT2D eigenvalue weighted by molar-refractivity contribution is 5.91. The van der Waals surface area contributed by atoms with E-state index in [2.05, 4.69) is 5.32 Å². The fraction of sp³-hybridized carbons (Fsp3) is 0.647. The van der Waals surface area contributed by atoms with Crippen LogP contribution < -0.4 is 5.32 Å². The third-order valence-corrected chi connectivity index (χ3v) is 4.93. The number of nitrogens with one attached hydrogen (secondary N) is 1. The summed E-state index contributed by atoms with van der Waals surface area (Å²) in [6, 6.07) is 3.56. The molecular formula is C17H24N2O4. The molecule has 1 saturated heterocycles. The Morgan fingerprint density at radius 1 is 1.13 bits per heavy atom. The number of carbonyl (C=O) groups is 2. The molecule has 0 aromatic carbocycles. The lowest BCUT2D eigenvalue weighted by Gasteiger charge is -2.32. The fourth-order valence-corrected chi connectivity index (χ4v) is 3.44. The summed E-state index contributed by atoms with van der Waals surface area (Å²) in [6.07, 6.45) is 5.89. The summed E-state index contributed by atoms with van der Waals surface area (Å²) in [6.45, 7) is 1.17. The number of hydrogen-bond acceptors (Lipinski definition) is 4. The van der Waals surface area contributed by atoms with Gasteiger partial charge < -0.3 is 19.7 Å². The van der Waals surface area contributed by atoms with Crippen molar-refractivity contribution in [2.24, 2.45) is 5.92 Å². The van der Waals surface area contributed by atoms with Gasteiger partial charge in [-0.15, -0.1) is 0 Å². The second kappa shape index (κ2) is 7.17. The van der Waals surface area contributed by atoms with E-state index >= 15 is 0 Å². The standard InChI is InChI=1S/C17H24N2O4/c20-14-5-3-13(4-6-14)18-16(21)12-7-9-19(10-8-12)17(22)15-2-1-11-23-15/h1-2,11-14,20H,3-10H2,(H,18,21). The molecule has 3 rings (SSSR count). The third kappa shape index (κ3) is 3.93. The van der Waals surface area contributed by atoms with E-state index in [0.717, 1.165) is 25.7 Å². The zero-order valence-electron chi connectivity index (χ0n) is 13.2. The third-order valence-electron chi connectivity index (χ3n) is 4.93. The molecule has 6 nitrogen and oxygen atoms in total. The van der Waals surface area contributed by atoms with Gasteiger partial charge in [-0.05, 0) is 50.7 Å². The molecule has 2 fully saturated rings. The first-order chi connectivity index (χ1) is 11.1. The number of nitrogens with zero attached hydrogens (tertiary/aromatic N) is 1. The van der Waals surface area contributed by atoms with Gasteiger partial charge in [0.25, 0.3) is 5.91 Å². The largest absolute Gasteiger partial charge is 0.459 e. The Hall–Kier alpha value is -1.82. The van der Waals surface area contributed by atoms with Crippen LogP contribution in [0.4, 0.5) is 0 Å². The van der Waals surface area contributed by atoms with Crippen LogP contribution in [-0.4, -0.2) is 47.1 Å². The van der Waals surface area contributed by atoms with Crippen LogP contribution in [0.1, 0.15) is 49.1 Å². The molecule has 0 atom stereocenters. The minimum absolute atomic E-state index is 0.0255. The Morgan fingerprint density at radius 3 is 2.43 bits per heavy atom. The van der Waals surface area contributed by atoms with Crippen LogP contribution in [0.5, 0.6) is 0 Å². The first-order valence-corrected chi connectivity index (χ1v) is 8.44. The van der Waals surface area contributed by atoms with Crippen molar-refractivity contribution in [2.75, 3.05) is 13.1 Å². The summed E-state index contributed by atoms with van der Waals surface area (Å²) in [5.41, 5.74) is 0. The number of hydrogen-bond donors (Lipinski definition) is 2. The number of piperidine rings is 1. The van der Waals surface area contributed by atoms with Gasteiger partial charge in [0.1, 0.15) is 0 Å². The van der Waals surface area contributed by atoms with Gasteiger partial charge in [-0.1, -0.05) is 0 Å². The van der Waals surface area contributed by atoms with Crippen LogP contribution in [-0.2, 0) is 4.79 Å². The molecule has 2 N–H and O–H groups in total. The zero-order chi connectivity index (χ0) is 16.2. The van der Waals surface area contributed by atoms with Gasteiger partial charge >= 0.3 is 0 Å². The molecule has 1 aromatic rings. The second-order valence-corrected chi connectivity index (χ2v) is 6.56. The maximum absolute atomic E-state index is 12.4. The summed E-state index contributed by atoms with van der Waals surface area (Å²) in [5.74, 6) is 0.322. The van der Waals surface area contributed by atoms with Gasteiger partial charge in [0.15, 0.2) is 5.76 Å². The number of likely N-dealkylation sites (tertiary alicyclic amines) is 1. The monoisotopic (exact) mass is 320 g/mol. The number of amides is 2. The van der Waals surface area contributed by atoms with Crippen molar-refractivity contribution in [3.8, 4) is 0 Å². The van der Waals surface area contributed by atoms with E-state index in [-0.39, 0.29) is 29.9 Å². The summed E-state index contributed by atoms with van der Waals surface area (Å²) in [5, 5.41) is 12.6. The molecule has 1 saturated carbocycles. The lowest BCUT2D eigenvalue weighted by Crippen LogP contribution is -2.46. The molecule has 126 valence electrons. The van der Waals surface area contributed by atoms with Crippen molar-refractivity contribution < 1.29 is 19.1 Å². The molecule has 1 aromatic heterocycles. The summed E-state index contributed by atoms with van der Waals surface area (Å²) in [7, 11) is 0. The SMILES string of the molecule is O=C(NC1CCC(O)CC1)C1CCN(C(=O)c2ccco2)CC1. The molecule has 23 heavy (non-hydrogen) atoms. The second-order valence-electron chi connectivity index (χ2n) is 6.56. The average Bonchev–Trinajstić information content (AvgIpc) is 3.11. The van der Waals surface area contributed by atoms with E-state index in [0.29, 0.717) is 31.7 Å². The van der Waals surface area contributed by atoms with Crippen molar-refractivity contribution >= 4 is 11.8 Å². The Labute approximate surface area is 135 Å². The van der Waals surface area contributed by atoms with Gasteiger partial charge in [0.2, 0.25) is 5.91 Å². The van der Waals surface area contributed by atoms with Crippen molar-refractivity contribution in [1.82, 2.24) is 10.2 Å². The molecule has 0 bridgehead atoms. The molecule has 0 radical (unpaired) electrons. The molecule has 0 spiro atoms. The number of furan rings is 1. The lowest BCUT2D eigenvalue weighted by molar-refractivity contribution is -0.127. The van der Waals surface area contributed by atoms with Crippen LogP contribution in [0, 0.1) is 5.92 Å². The van der Waals surface area contributed by atoms with E-state index in [1.807, 2.05) is 0 Å². The molecule has 6 heteroatoms. The molecule has 2 amide bonds. The topological polar surface area (TPSA) is 82.8 Å². The molecule has 2 aliphatic rings. The van der Waals surface area contributed by atoms with E-state index < -0.39 is 0 Å². The van der Waals surface area contributed by atoms with Crippen LogP contribution in [0.25, 0.3) is 0 Å². The molecule has 1 aliphatic heterocycles. The van der Waals surface area contributed by atoms with E-state index in [9.17, 15) is 14.7 Å². The Balaban J connectivity index is 1.45. The number of aliphatic hydroxyl groups excluding tert-OH is 1. The minimum Gasteiger partial charge on any atom is -0.459 e. The lowest BCUT2D eigenvalue weighted by atomic mass is 9.91. The van der Waals surface area contributed by atoms with Crippen molar-refractivity contribution in [1.29, 1.82) is 0 Å². The summed E-state index contributed by atoms with van der Waals surface area (Å²) < 4.78 is 5.14. The summed E-state index contributed by atoms with van der Waals surface area (Å²) >= 11 is 0. The smallest absolute Gasteiger partial charge is 0.289 e. The highest BCUT2D eigenvalue weighted by Gasteiger charge is 2.30. The Bertz CT molecular complexity index is 527.